The molecule has 0 amide bonds. The van der Waals surface area contributed by atoms with Crippen LogP contribution in [0.15, 0.2) is 36.9 Å². The van der Waals surface area contributed by atoms with Gasteiger partial charge in [-0.15, -0.1) is 6.58 Å². The average molecular weight is 254 g/mol. The Labute approximate surface area is 103 Å². The summed E-state index contributed by atoms with van der Waals surface area (Å²) in [6.07, 6.45) is 1.37. The highest BCUT2D eigenvalue weighted by atomic mass is 32.2. The fourth-order valence-electron chi connectivity index (χ4n) is 1.39. The van der Waals surface area contributed by atoms with Crippen LogP contribution in [0.2, 0.25) is 0 Å². The quantitative estimate of drug-likeness (QED) is 0.728. The van der Waals surface area contributed by atoms with Crippen molar-refractivity contribution in [2.45, 2.75) is 13.5 Å². The van der Waals surface area contributed by atoms with E-state index in [1.165, 1.54) is 6.08 Å². The molecule has 1 aromatic rings. The molecule has 0 aliphatic carbocycles. The van der Waals surface area contributed by atoms with E-state index in [-0.39, 0.29) is 5.75 Å². The van der Waals surface area contributed by atoms with Crippen molar-refractivity contribution in [3.05, 3.63) is 42.5 Å². The first-order valence-corrected chi connectivity index (χ1v) is 7.13. The van der Waals surface area contributed by atoms with Gasteiger partial charge in [-0.25, -0.2) is 8.42 Å². The van der Waals surface area contributed by atoms with E-state index in [1.54, 1.807) is 6.07 Å². The van der Waals surface area contributed by atoms with E-state index in [1.807, 2.05) is 25.1 Å². The summed E-state index contributed by atoms with van der Waals surface area (Å²) in [5, 5.41) is 3.19. The second-order valence-corrected chi connectivity index (χ2v) is 5.42. The van der Waals surface area contributed by atoms with Gasteiger partial charge in [-0.05, 0) is 24.2 Å². The van der Waals surface area contributed by atoms with Crippen LogP contribution >= 0.6 is 0 Å². The predicted molar refractivity (Wildman–Crippen MR) is 71.4 cm³/mol. The summed E-state index contributed by atoms with van der Waals surface area (Å²) in [6.45, 7) is 7.05. The molecule has 0 aromatic heterocycles. The Balaban J connectivity index is 2.75. The molecule has 0 saturated heterocycles. The molecule has 0 atom stereocenters. The van der Waals surface area contributed by atoms with E-state index in [9.17, 15) is 8.42 Å². The number of hydrogen-bond donors (Lipinski definition) is 2. The lowest BCUT2D eigenvalue weighted by atomic mass is 10.2. The Morgan fingerprint density at radius 3 is 2.82 bits per heavy atom. The van der Waals surface area contributed by atoms with Gasteiger partial charge in [0.25, 0.3) is 0 Å². The van der Waals surface area contributed by atoms with Crippen molar-refractivity contribution in [1.29, 1.82) is 0 Å². The number of anilines is 1. The second-order valence-electron chi connectivity index (χ2n) is 3.65. The summed E-state index contributed by atoms with van der Waals surface area (Å²) in [6, 6.07) is 7.34. The summed E-state index contributed by atoms with van der Waals surface area (Å²) in [5.41, 5.74) is 1.63. The van der Waals surface area contributed by atoms with E-state index in [0.717, 1.165) is 18.7 Å². The van der Waals surface area contributed by atoms with Crippen molar-refractivity contribution in [2.24, 2.45) is 0 Å². The third-order valence-electron chi connectivity index (χ3n) is 2.12. The maximum absolute atomic E-state index is 11.5. The highest BCUT2D eigenvalue weighted by molar-refractivity contribution is 7.92. The lowest BCUT2D eigenvalue weighted by molar-refractivity contribution is 0.604. The van der Waals surface area contributed by atoms with Gasteiger partial charge in [0.15, 0.2) is 0 Å². The summed E-state index contributed by atoms with van der Waals surface area (Å²) in [7, 11) is -3.31. The van der Waals surface area contributed by atoms with Crippen LogP contribution in [0.25, 0.3) is 0 Å². The Morgan fingerprint density at radius 2 is 2.18 bits per heavy atom. The van der Waals surface area contributed by atoms with E-state index < -0.39 is 10.0 Å². The zero-order valence-corrected chi connectivity index (χ0v) is 10.8. The topological polar surface area (TPSA) is 58.2 Å². The van der Waals surface area contributed by atoms with Crippen molar-refractivity contribution < 1.29 is 8.42 Å². The van der Waals surface area contributed by atoms with Gasteiger partial charge in [0, 0.05) is 12.2 Å². The molecule has 1 aromatic carbocycles. The Hall–Kier alpha value is -1.33. The van der Waals surface area contributed by atoms with E-state index in [4.69, 9.17) is 0 Å². The molecule has 0 spiro atoms. The first-order chi connectivity index (χ1) is 8.07. The van der Waals surface area contributed by atoms with Gasteiger partial charge >= 0.3 is 0 Å². The smallest absolute Gasteiger partial charge is 0.236 e. The van der Waals surface area contributed by atoms with Crippen LogP contribution < -0.4 is 10.0 Å². The molecule has 5 heteroatoms. The third-order valence-corrected chi connectivity index (χ3v) is 3.34. The normalized spacial score (nSPS) is 11.1. The lowest BCUT2D eigenvalue weighted by Gasteiger charge is -2.08. The highest BCUT2D eigenvalue weighted by Gasteiger charge is 2.07. The molecular weight excluding hydrogens is 236 g/mol. The number of benzene rings is 1. The second kappa shape index (κ2) is 6.42. The number of nitrogens with one attached hydrogen (secondary N) is 2. The van der Waals surface area contributed by atoms with Crippen LogP contribution in [-0.4, -0.2) is 20.7 Å². The predicted octanol–water partition coefficient (Wildman–Crippen LogP) is 1.72. The highest BCUT2D eigenvalue weighted by Crippen LogP contribution is 2.12. The van der Waals surface area contributed by atoms with E-state index in [2.05, 4.69) is 16.6 Å². The molecule has 94 valence electrons. The van der Waals surface area contributed by atoms with Crippen LogP contribution in [0.3, 0.4) is 0 Å². The van der Waals surface area contributed by atoms with Gasteiger partial charge < -0.3 is 5.32 Å². The zero-order valence-electron chi connectivity index (χ0n) is 9.94. The molecule has 0 aliphatic rings. The Kier molecular flexibility index (Phi) is 5.18. The zero-order chi connectivity index (χ0) is 12.7. The third kappa shape index (κ3) is 5.01. The summed E-state index contributed by atoms with van der Waals surface area (Å²) in [5.74, 6) is -0.0789. The van der Waals surface area contributed by atoms with Crippen LogP contribution in [0.1, 0.15) is 12.5 Å². The number of rotatable bonds is 7. The van der Waals surface area contributed by atoms with Crippen molar-refractivity contribution in [1.82, 2.24) is 5.32 Å². The van der Waals surface area contributed by atoms with Gasteiger partial charge in [-0.2, -0.15) is 0 Å². The molecule has 0 unspecified atom stereocenters. The fourth-order valence-corrected chi connectivity index (χ4v) is 2.27. The monoisotopic (exact) mass is 254 g/mol. The molecule has 0 heterocycles. The van der Waals surface area contributed by atoms with Crippen LogP contribution in [-0.2, 0) is 16.6 Å². The van der Waals surface area contributed by atoms with Crippen LogP contribution in [0.4, 0.5) is 5.69 Å². The Morgan fingerprint density at radius 1 is 1.41 bits per heavy atom. The van der Waals surface area contributed by atoms with Crippen molar-refractivity contribution in [3.8, 4) is 0 Å². The standard InChI is InChI=1S/C12H18N2O2S/c1-3-8-17(15,16)14-12-7-5-6-11(9-12)10-13-4-2/h3,5-7,9,13-14H,1,4,8,10H2,2H3. The molecule has 2 N–H and O–H groups in total. The molecular formula is C12H18N2O2S. The maximum atomic E-state index is 11.5. The SMILES string of the molecule is C=CCS(=O)(=O)Nc1cccc(CNCC)c1. The van der Waals surface area contributed by atoms with Gasteiger partial charge in [0.1, 0.15) is 0 Å². The Bertz CT molecular complexity index is 469. The molecule has 0 radical (unpaired) electrons. The summed E-state index contributed by atoms with van der Waals surface area (Å²) < 4.78 is 25.6. The largest absolute Gasteiger partial charge is 0.313 e. The molecule has 0 fully saturated rings. The van der Waals surface area contributed by atoms with E-state index in [0.29, 0.717) is 5.69 Å². The molecule has 17 heavy (non-hydrogen) atoms. The van der Waals surface area contributed by atoms with Crippen LogP contribution in [0, 0.1) is 0 Å². The summed E-state index contributed by atoms with van der Waals surface area (Å²) in [4.78, 5) is 0. The van der Waals surface area contributed by atoms with Gasteiger partial charge in [0.05, 0.1) is 5.75 Å². The maximum Gasteiger partial charge on any atom is 0.236 e. The van der Waals surface area contributed by atoms with Gasteiger partial charge in [-0.3, -0.25) is 4.72 Å². The van der Waals surface area contributed by atoms with Crippen molar-refractivity contribution in [3.63, 3.8) is 0 Å². The van der Waals surface area contributed by atoms with Crippen molar-refractivity contribution >= 4 is 15.7 Å². The minimum absolute atomic E-state index is 0.0789. The van der Waals surface area contributed by atoms with Crippen LogP contribution in [0.5, 0.6) is 0 Å². The van der Waals surface area contributed by atoms with Gasteiger partial charge in [-0.1, -0.05) is 25.1 Å². The first kappa shape index (κ1) is 13.7. The number of hydrogen-bond acceptors (Lipinski definition) is 3. The lowest BCUT2D eigenvalue weighted by Crippen LogP contribution is -2.16. The molecule has 1 rings (SSSR count). The minimum Gasteiger partial charge on any atom is -0.313 e. The summed E-state index contributed by atoms with van der Waals surface area (Å²) >= 11 is 0. The molecule has 0 bridgehead atoms. The molecule has 0 aliphatic heterocycles. The average Bonchev–Trinajstić information content (AvgIpc) is 2.26. The van der Waals surface area contributed by atoms with Gasteiger partial charge in [0.2, 0.25) is 10.0 Å². The first-order valence-electron chi connectivity index (χ1n) is 5.48. The number of sulfonamides is 1. The minimum atomic E-state index is -3.31. The fraction of sp³-hybridized carbons (Fsp3) is 0.333. The molecule has 4 nitrogen and oxygen atoms in total. The van der Waals surface area contributed by atoms with Crippen molar-refractivity contribution in [2.75, 3.05) is 17.0 Å². The molecule has 0 saturated carbocycles. The van der Waals surface area contributed by atoms with E-state index >= 15 is 0 Å².